The largest absolute Gasteiger partial charge is 0.395 e. The second-order valence-electron chi connectivity index (χ2n) is 4.25. The van der Waals surface area contributed by atoms with E-state index in [1.54, 1.807) is 29.8 Å². The number of hydrogen-bond donors (Lipinski definition) is 2. The van der Waals surface area contributed by atoms with E-state index in [1.165, 1.54) is 0 Å². The number of carbonyl (C=O) groups is 1. The number of amides is 1. The van der Waals surface area contributed by atoms with Gasteiger partial charge in [-0.05, 0) is 48.0 Å². The number of nitrogens with one attached hydrogen (secondary N) is 1. The van der Waals surface area contributed by atoms with E-state index < -0.39 is 0 Å². The summed E-state index contributed by atoms with van der Waals surface area (Å²) in [5.41, 5.74) is 7.96. The van der Waals surface area contributed by atoms with Gasteiger partial charge in [-0.15, -0.1) is 0 Å². The summed E-state index contributed by atoms with van der Waals surface area (Å²) < 4.78 is 2.30. The average molecular weight is 358 g/mol. The molecule has 0 fully saturated rings. The van der Waals surface area contributed by atoms with Crippen molar-refractivity contribution in [3.8, 4) is 0 Å². The zero-order chi connectivity index (χ0) is 14.9. The Morgan fingerprint density at radius 2 is 2.25 bits per heavy atom. The summed E-state index contributed by atoms with van der Waals surface area (Å²) in [6.07, 6.45) is 0. The number of halogens is 2. The van der Waals surface area contributed by atoms with Gasteiger partial charge < -0.3 is 11.1 Å². The van der Waals surface area contributed by atoms with E-state index in [0.717, 1.165) is 0 Å². The van der Waals surface area contributed by atoms with E-state index in [2.05, 4.69) is 26.3 Å². The Hall–Kier alpha value is -1.53. The molecule has 0 saturated carbocycles. The first kappa shape index (κ1) is 14.9. The predicted molar refractivity (Wildman–Crippen MR) is 84.2 cm³/mol. The SMILES string of the molecule is CCn1nc(C)c(N)c1C(=O)Nc1ccc(Cl)c(Br)c1. The van der Waals surface area contributed by atoms with Gasteiger partial charge in [-0.25, -0.2) is 0 Å². The van der Waals surface area contributed by atoms with Crippen molar-refractivity contribution >= 4 is 44.8 Å². The minimum Gasteiger partial charge on any atom is -0.395 e. The van der Waals surface area contributed by atoms with Crippen molar-refractivity contribution in [2.45, 2.75) is 20.4 Å². The van der Waals surface area contributed by atoms with E-state index in [0.29, 0.717) is 38.8 Å². The van der Waals surface area contributed by atoms with Crippen LogP contribution in [-0.4, -0.2) is 15.7 Å². The third-order valence-electron chi connectivity index (χ3n) is 2.87. The van der Waals surface area contributed by atoms with E-state index in [9.17, 15) is 4.79 Å². The summed E-state index contributed by atoms with van der Waals surface area (Å²) >= 11 is 9.23. The second kappa shape index (κ2) is 5.85. The molecule has 0 unspecified atom stereocenters. The first-order valence-electron chi connectivity index (χ1n) is 6.03. The molecule has 0 radical (unpaired) electrons. The van der Waals surface area contributed by atoms with Crippen molar-refractivity contribution in [1.29, 1.82) is 0 Å². The average Bonchev–Trinajstić information content (AvgIpc) is 2.69. The predicted octanol–water partition coefficient (Wildman–Crippen LogP) is 3.46. The van der Waals surface area contributed by atoms with Gasteiger partial charge >= 0.3 is 0 Å². The fourth-order valence-electron chi connectivity index (χ4n) is 1.83. The molecular weight excluding hydrogens is 344 g/mol. The Bertz CT molecular complexity index is 669. The Morgan fingerprint density at radius 3 is 2.85 bits per heavy atom. The highest BCUT2D eigenvalue weighted by atomic mass is 79.9. The lowest BCUT2D eigenvalue weighted by atomic mass is 10.2. The molecule has 1 aromatic heterocycles. The van der Waals surface area contributed by atoms with Crippen LogP contribution in [0, 0.1) is 6.92 Å². The third kappa shape index (κ3) is 2.81. The summed E-state index contributed by atoms with van der Waals surface area (Å²) in [6, 6.07) is 5.16. The monoisotopic (exact) mass is 356 g/mol. The molecule has 0 spiro atoms. The quantitative estimate of drug-likeness (QED) is 0.883. The molecule has 5 nitrogen and oxygen atoms in total. The van der Waals surface area contributed by atoms with Crippen LogP contribution in [-0.2, 0) is 6.54 Å². The van der Waals surface area contributed by atoms with Gasteiger partial charge in [0.25, 0.3) is 5.91 Å². The lowest BCUT2D eigenvalue weighted by Crippen LogP contribution is -2.18. The fourth-order valence-corrected chi connectivity index (χ4v) is 2.32. The van der Waals surface area contributed by atoms with Gasteiger partial charge in [0, 0.05) is 16.7 Å². The van der Waals surface area contributed by atoms with Gasteiger partial charge in [0.1, 0.15) is 5.69 Å². The van der Waals surface area contributed by atoms with Crippen LogP contribution in [0.15, 0.2) is 22.7 Å². The maximum Gasteiger partial charge on any atom is 0.276 e. The molecule has 0 atom stereocenters. The molecule has 0 aliphatic heterocycles. The lowest BCUT2D eigenvalue weighted by Gasteiger charge is -2.08. The van der Waals surface area contributed by atoms with Gasteiger partial charge in [-0.3, -0.25) is 9.48 Å². The van der Waals surface area contributed by atoms with Crippen LogP contribution in [0.3, 0.4) is 0 Å². The summed E-state index contributed by atoms with van der Waals surface area (Å²) in [7, 11) is 0. The lowest BCUT2D eigenvalue weighted by molar-refractivity contribution is 0.101. The number of carbonyl (C=O) groups excluding carboxylic acids is 1. The Kier molecular flexibility index (Phi) is 4.35. The highest BCUT2D eigenvalue weighted by molar-refractivity contribution is 9.10. The first-order chi connectivity index (χ1) is 9.43. The molecule has 0 saturated heterocycles. The van der Waals surface area contributed by atoms with Crippen LogP contribution in [0.2, 0.25) is 5.02 Å². The molecular formula is C13H14BrClN4O. The smallest absolute Gasteiger partial charge is 0.276 e. The molecule has 3 N–H and O–H groups in total. The molecule has 1 heterocycles. The van der Waals surface area contributed by atoms with Crippen LogP contribution < -0.4 is 11.1 Å². The number of rotatable bonds is 3. The molecule has 1 amide bonds. The van der Waals surface area contributed by atoms with E-state index in [-0.39, 0.29) is 5.91 Å². The maximum absolute atomic E-state index is 12.3. The number of nitrogens with two attached hydrogens (primary N) is 1. The van der Waals surface area contributed by atoms with Crippen LogP contribution in [0.25, 0.3) is 0 Å². The summed E-state index contributed by atoms with van der Waals surface area (Å²) in [6.45, 7) is 4.25. The number of nitrogen functional groups attached to an aromatic ring is 1. The van der Waals surface area contributed by atoms with Gasteiger partial charge in [0.15, 0.2) is 0 Å². The van der Waals surface area contributed by atoms with Crippen molar-refractivity contribution in [1.82, 2.24) is 9.78 Å². The van der Waals surface area contributed by atoms with Crippen LogP contribution in [0.5, 0.6) is 0 Å². The van der Waals surface area contributed by atoms with Gasteiger partial charge in [0.05, 0.1) is 16.4 Å². The number of anilines is 2. The zero-order valence-corrected chi connectivity index (χ0v) is 13.4. The minimum atomic E-state index is -0.292. The third-order valence-corrected chi connectivity index (χ3v) is 4.08. The molecule has 0 bridgehead atoms. The molecule has 106 valence electrons. The second-order valence-corrected chi connectivity index (χ2v) is 5.51. The van der Waals surface area contributed by atoms with Crippen molar-refractivity contribution < 1.29 is 4.79 Å². The Balaban J connectivity index is 2.30. The normalized spacial score (nSPS) is 10.6. The molecule has 0 aliphatic carbocycles. The number of hydrogen-bond acceptors (Lipinski definition) is 3. The van der Waals surface area contributed by atoms with Crippen molar-refractivity contribution in [2.75, 3.05) is 11.1 Å². The van der Waals surface area contributed by atoms with Crippen molar-refractivity contribution in [3.63, 3.8) is 0 Å². The Labute approximate surface area is 130 Å². The van der Waals surface area contributed by atoms with Crippen LogP contribution in [0.1, 0.15) is 23.1 Å². The number of nitrogens with zero attached hydrogens (tertiary/aromatic N) is 2. The first-order valence-corrected chi connectivity index (χ1v) is 7.20. The summed E-state index contributed by atoms with van der Waals surface area (Å²) in [5, 5.41) is 7.59. The van der Waals surface area contributed by atoms with E-state index in [1.807, 2.05) is 6.92 Å². The molecule has 2 aromatic rings. The number of aryl methyl sites for hydroxylation is 2. The zero-order valence-electron chi connectivity index (χ0n) is 11.1. The highest BCUT2D eigenvalue weighted by Crippen LogP contribution is 2.26. The minimum absolute atomic E-state index is 0.292. The highest BCUT2D eigenvalue weighted by Gasteiger charge is 2.19. The van der Waals surface area contributed by atoms with Crippen LogP contribution in [0.4, 0.5) is 11.4 Å². The number of aromatic nitrogens is 2. The maximum atomic E-state index is 12.3. The molecule has 1 aromatic carbocycles. The topological polar surface area (TPSA) is 72.9 Å². The van der Waals surface area contributed by atoms with Crippen LogP contribution >= 0.6 is 27.5 Å². The molecule has 7 heteroatoms. The standard InChI is InChI=1S/C13H14BrClN4O/c1-3-19-12(11(16)7(2)18-19)13(20)17-8-4-5-10(15)9(14)6-8/h4-6H,3,16H2,1-2H3,(H,17,20). The van der Waals surface area contributed by atoms with E-state index in [4.69, 9.17) is 17.3 Å². The van der Waals surface area contributed by atoms with Gasteiger partial charge in [0.2, 0.25) is 0 Å². The van der Waals surface area contributed by atoms with Crippen molar-refractivity contribution in [3.05, 3.63) is 39.1 Å². The summed E-state index contributed by atoms with van der Waals surface area (Å²) in [4.78, 5) is 12.3. The molecule has 20 heavy (non-hydrogen) atoms. The van der Waals surface area contributed by atoms with Gasteiger partial charge in [-0.1, -0.05) is 11.6 Å². The Morgan fingerprint density at radius 1 is 1.55 bits per heavy atom. The summed E-state index contributed by atoms with van der Waals surface area (Å²) in [5.74, 6) is -0.292. The number of benzene rings is 1. The molecule has 0 aliphatic rings. The van der Waals surface area contributed by atoms with E-state index >= 15 is 0 Å². The fraction of sp³-hybridized carbons (Fsp3) is 0.231. The van der Waals surface area contributed by atoms with Crippen molar-refractivity contribution in [2.24, 2.45) is 0 Å². The molecule has 2 rings (SSSR count). The van der Waals surface area contributed by atoms with Gasteiger partial charge in [-0.2, -0.15) is 5.10 Å².